The largest absolute Gasteiger partial charge is 0.334 e. The Hall–Kier alpha value is -2.37. The summed E-state index contributed by atoms with van der Waals surface area (Å²) in [7, 11) is 0. The second-order valence-corrected chi connectivity index (χ2v) is 6.63. The van der Waals surface area contributed by atoms with Crippen molar-refractivity contribution in [2.24, 2.45) is 0 Å². The van der Waals surface area contributed by atoms with E-state index in [0.29, 0.717) is 12.5 Å². The summed E-state index contributed by atoms with van der Waals surface area (Å²) in [5.41, 5.74) is 3.20. The van der Waals surface area contributed by atoms with Gasteiger partial charge in [-0.05, 0) is 55.9 Å². The number of amides is 2. The van der Waals surface area contributed by atoms with Crippen LogP contribution in [0.15, 0.2) is 30.6 Å². The van der Waals surface area contributed by atoms with Gasteiger partial charge in [0.15, 0.2) is 0 Å². The lowest BCUT2D eigenvalue weighted by atomic mass is 9.87. The first-order valence-electron chi connectivity index (χ1n) is 8.87. The summed E-state index contributed by atoms with van der Waals surface area (Å²) in [4.78, 5) is 14.2. The molecule has 0 bridgehead atoms. The van der Waals surface area contributed by atoms with E-state index < -0.39 is 0 Å². The van der Waals surface area contributed by atoms with Crippen LogP contribution in [-0.4, -0.2) is 33.8 Å². The van der Waals surface area contributed by atoms with E-state index in [4.69, 9.17) is 0 Å². The van der Waals surface area contributed by atoms with E-state index in [0.717, 1.165) is 43.6 Å². The highest BCUT2D eigenvalue weighted by molar-refractivity contribution is 5.74. The average molecular weight is 344 g/mol. The molecule has 1 N–H and O–H groups in total. The number of carbonyl (C=O) groups is 1. The highest BCUT2D eigenvalue weighted by Crippen LogP contribution is 2.30. The number of benzene rings is 1. The molecule has 0 unspecified atom stereocenters. The van der Waals surface area contributed by atoms with Gasteiger partial charge in [0.05, 0.1) is 6.20 Å². The molecule has 0 aliphatic carbocycles. The molecule has 6 heteroatoms. The zero-order valence-corrected chi connectivity index (χ0v) is 14.8. The van der Waals surface area contributed by atoms with Crippen LogP contribution >= 0.6 is 0 Å². The van der Waals surface area contributed by atoms with Crippen molar-refractivity contribution in [3.05, 3.63) is 53.1 Å². The Balaban J connectivity index is 1.50. The van der Waals surface area contributed by atoms with E-state index in [2.05, 4.69) is 10.4 Å². The molecule has 0 saturated carbocycles. The van der Waals surface area contributed by atoms with Gasteiger partial charge in [-0.2, -0.15) is 5.10 Å². The number of piperidine rings is 1. The molecule has 1 aliphatic heterocycles. The monoisotopic (exact) mass is 344 g/mol. The molecule has 134 valence electrons. The van der Waals surface area contributed by atoms with Gasteiger partial charge in [-0.15, -0.1) is 0 Å². The molecule has 0 atom stereocenters. The normalized spacial score (nSPS) is 15.4. The SMILES string of the molecule is CCn1cc(CNC(=O)N2CCC(c3ccc(F)cc3C)CC2)cn1. The summed E-state index contributed by atoms with van der Waals surface area (Å²) >= 11 is 0. The molecule has 2 heterocycles. The maximum Gasteiger partial charge on any atom is 0.317 e. The molecule has 2 amide bonds. The third kappa shape index (κ3) is 4.18. The van der Waals surface area contributed by atoms with Gasteiger partial charge in [0.2, 0.25) is 0 Å². The van der Waals surface area contributed by atoms with Gasteiger partial charge in [0.1, 0.15) is 5.82 Å². The number of nitrogens with zero attached hydrogens (tertiary/aromatic N) is 3. The van der Waals surface area contributed by atoms with E-state index in [-0.39, 0.29) is 11.8 Å². The van der Waals surface area contributed by atoms with Crippen molar-refractivity contribution >= 4 is 6.03 Å². The Bertz CT molecular complexity index is 735. The third-order valence-electron chi connectivity index (χ3n) is 4.91. The lowest BCUT2D eigenvalue weighted by molar-refractivity contribution is 0.181. The van der Waals surface area contributed by atoms with E-state index in [1.807, 2.05) is 35.7 Å². The van der Waals surface area contributed by atoms with Crippen molar-refractivity contribution in [3.8, 4) is 0 Å². The fourth-order valence-corrected chi connectivity index (χ4v) is 3.45. The topological polar surface area (TPSA) is 50.2 Å². The van der Waals surface area contributed by atoms with Crippen molar-refractivity contribution in [1.29, 1.82) is 0 Å². The molecule has 3 rings (SSSR count). The number of aromatic nitrogens is 2. The fourth-order valence-electron chi connectivity index (χ4n) is 3.45. The maximum atomic E-state index is 13.3. The molecular formula is C19H25FN4O. The number of urea groups is 1. The summed E-state index contributed by atoms with van der Waals surface area (Å²) in [5.74, 6) is 0.205. The van der Waals surface area contributed by atoms with Crippen LogP contribution in [0.3, 0.4) is 0 Å². The van der Waals surface area contributed by atoms with Crippen molar-refractivity contribution < 1.29 is 9.18 Å². The number of likely N-dealkylation sites (tertiary alicyclic amines) is 1. The number of hydrogen-bond donors (Lipinski definition) is 1. The van der Waals surface area contributed by atoms with E-state index in [1.54, 1.807) is 12.3 Å². The standard InChI is InChI=1S/C19H25FN4O/c1-3-24-13-15(12-22-24)11-21-19(25)23-8-6-16(7-9-23)18-5-4-17(20)10-14(18)2/h4-5,10,12-13,16H,3,6-9,11H2,1-2H3,(H,21,25). The Kier molecular flexibility index (Phi) is 5.36. The molecule has 1 fully saturated rings. The van der Waals surface area contributed by atoms with Crippen LogP contribution < -0.4 is 5.32 Å². The van der Waals surface area contributed by atoms with Gasteiger partial charge in [0.25, 0.3) is 0 Å². The van der Waals surface area contributed by atoms with Gasteiger partial charge in [-0.1, -0.05) is 6.07 Å². The Morgan fingerprint density at radius 2 is 2.12 bits per heavy atom. The summed E-state index contributed by atoms with van der Waals surface area (Å²) < 4.78 is 15.1. The molecule has 5 nitrogen and oxygen atoms in total. The average Bonchev–Trinajstić information content (AvgIpc) is 3.08. The van der Waals surface area contributed by atoms with Crippen LogP contribution in [0.1, 0.15) is 42.4 Å². The third-order valence-corrected chi connectivity index (χ3v) is 4.91. The summed E-state index contributed by atoms with van der Waals surface area (Å²) in [6.45, 7) is 6.75. The minimum absolute atomic E-state index is 0.0291. The van der Waals surface area contributed by atoms with E-state index >= 15 is 0 Å². The molecular weight excluding hydrogens is 319 g/mol. The summed E-state index contributed by atoms with van der Waals surface area (Å²) in [6, 6.07) is 4.97. The van der Waals surface area contributed by atoms with Crippen LogP contribution in [0.4, 0.5) is 9.18 Å². The summed E-state index contributed by atoms with van der Waals surface area (Å²) in [5, 5.41) is 7.17. The fraction of sp³-hybridized carbons (Fsp3) is 0.474. The maximum absolute atomic E-state index is 13.3. The number of rotatable bonds is 4. The number of halogens is 1. The quantitative estimate of drug-likeness (QED) is 0.924. The molecule has 2 aromatic rings. The number of aryl methyl sites for hydroxylation is 2. The Morgan fingerprint density at radius 1 is 1.36 bits per heavy atom. The molecule has 1 aliphatic rings. The smallest absolute Gasteiger partial charge is 0.317 e. The number of carbonyl (C=O) groups excluding carboxylic acids is 1. The molecule has 1 aromatic carbocycles. The molecule has 1 saturated heterocycles. The first-order valence-corrected chi connectivity index (χ1v) is 8.87. The van der Waals surface area contributed by atoms with Crippen LogP contribution in [0.5, 0.6) is 0 Å². The van der Waals surface area contributed by atoms with E-state index in [1.165, 1.54) is 11.6 Å². The van der Waals surface area contributed by atoms with Crippen molar-refractivity contribution in [3.63, 3.8) is 0 Å². The second-order valence-electron chi connectivity index (χ2n) is 6.63. The molecule has 1 aromatic heterocycles. The van der Waals surface area contributed by atoms with E-state index in [9.17, 15) is 9.18 Å². The second kappa shape index (κ2) is 7.68. The van der Waals surface area contributed by atoms with Crippen LogP contribution in [0.25, 0.3) is 0 Å². The van der Waals surface area contributed by atoms with Crippen LogP contribution in [0.2, 0.25) is 0 Å². The predicted molar refractivity (Wildman–Crippen MR) is 94.8 cm³/mol. The number of nitrogens with one attached hydrogen (secondary N) is 1. The highest BCUT2D eigenvalue weighted by atomic mass is 19.1. The lowest BCUT2D eigenvalue weighted by Gasteiger charge is -2.32. The summed E-state index contributed by atoms with van der Waals surface area (Å²) in [6.07, 6.45) is 5.55. The van der Waals surface area contributed by atoms with Crippen molar-refractivity contribution in [2.75, 3.05) is 13.1 Å². The van der Waals surface area contributed by atoms with Gasteiger partial charge in [-0.25, -0.2) is 9.18 Å². The number of hydrogen-bond acceptors (Lipinski definition) is 2. The lowest BCUT2D eigenvalue weighted by Crippen LogP contribution is -2.43. The molecule has 25 heavy (non-hydrogen) atoms. The zero-order valence-electron chi connectivity index (χ0n) is 14.8. The van der Waals surface area contributed by atoms with Crippen molar-refractivity contribution in [1.82, 2.24) is 20.0 Å². The van der Waals surface area contributed by atoms with Crippen LogP contribution in [0, 0.1) is 12.7 Å². The zero-order chi connectivity index (χ0) is 17.8. The first-order chi connectivity index (χ1) is 12.1. The molecule has 0 radical (unpaired) electrons. The van der Waals surface area contributed by atoms with Crippen LogP contribution in [-0.2, 0) is 13.1 Å². The van der Waals surface area contributed by atoms with Crippen molar-refractivity contribution in [2.45, 2.75) is 45.7 Å². The minimum Gasteiger partial charge on any atom is -0.334 e. The predicted octanol–water partition coefficient (Wildman–Crippen LogP) is 3.44. The molecule has 0 spiro atoms. The first kappa shape index (κ1) is 17.5. The minimum atomic E-state index is -0.190. The van der Waals surface area contributed by atoms with Gasteiger partial charge >= 0.3 is 6.03 Å². The van der Waals surface area contributed by atoms with Gasteiger partial charge < -0.3 is 10.2 Å². The van der Waals surface area contributed by atoms with Gasteiger partial charge in [0, 0.05) is 37.9 Å². The Morgan fingerprint density at radius 3 is 2.76 bits per heavy atom. The Labute approximate surface area is 147 Å². The highest BCUT2D eigenvalue weighted by Gasteiger charge is 2.24. The van der Waals surface area contributed by atoms with Gasteiger partial charge in [-0.3, -0.25) is 4.68 Å².